The third-order valence-electron chi connectivity index (χ3n) is 2.24. The van der Waals surface area contributed by atoms with Crippen molar-refractivity contribution in [3.8, 4) is 0 Å². The SMILES string of the molecule is CCCN(C)c1cc(Br)ccc1CN. The van der Waals surface area contributed by atoms with Crippen molar-refractivity contribution in [1.82, 2.24) is 0 Å². The van der Waals surface area contributed by atoms with Gasteiger partial charge in [-0.15, -0.1) is 0 Å². The largest absolute Gasteiger partial charge is 0.374 e. The maximum atomic E-state index is 5.69. The fourth-order valence-corrected chi connectivity index (χ4v) is 1.87. The molecule has 0 aromatic heterocycles. The van der Waals surface area contributed by atoms with E-state index in [-0.39, 0.29) is 0 Å². The summed E-state index contributed by atoms with van der Waals surface area (Å²) in [6.07, 6.45) is 1.15. The van der Waals surface area contributed by atoms with Crippen molar-refractivity contribution < 1.29 is 0 Å². The first-order valence-corrected chi connectivity index (χ1v) is 5.68. The third-order valence-corrected chi connectivity index (χ3v) is 2.73. The standard InChI is InChI=1S/C11H17BrN2/c1-3-6-14(2)11-7-10(12)5-4-9(11)8-13/h4-5,7H,3,6,8,13H2,1-2H3. The quantitative estimate of drug-likeness (QED) is 0.898. The monoisotopic (exact) mass is 256 g/mol. The molecule has 3 heteroatoms. The minimum absolute atomic E-state index is 0.594. The normalized spacial score (nSPS) is 10.3. The molecule has 0 aliphatic heterocycles. The number of hydrogen-bond acceptors (Lipinski definition) is 2. The van der Waals surface area contributed by atoms with Crippen molar-refractivity contribution in [1.29, 1.82) is 0 Å². The molecule has 1 rings (SSSR count). The van der Waals surface area contributed by atoms with E-state index >= 15 is 0 Å². The lowest BCUT2D eigenvalue weighted by Gasteiger charge is -2.21. The van der Waals surface area contributed by atoms with Crippen LogP contribution in [0.25, 0.3) is 0 Å². The Balaban J connectivity index is 2.97. The third kappa shape index (κ3) is 2.72. The summed E-state index contributed by atoms with van der Waals surface area (Å²) in [5, 5.41) is 0. The molecule has 78 valence electrons. The van der Waals surface area contributed by atoms with E-state index in [0.29, 0.717) is 6.54 Å². The predicted molar refractivity (Wildman–Crippen MR) is 65.6 cm³/mol. The number of halogens is 1. The molecule has 0 aliphatic carbocycles. The Bertz CT molecular complexity index is 299. The Morgan fingerprint density at radius 3 is 2.71 bits per heavy atom. The Labute approximate surface area is 94.2 Å². The molecule has 0 atom stereocenters. The van der Waals surface area contributed by atoms with Crippen molar-refractivity contribution in [2.24, 2.45) is 5.73 Å². The average Bonchev–Trinajstić information content (AvgIpc) is 2.18. The molecular weight excluding hydrogens is 240 g/mol. The lowest BCUT2D eigenvalue weighted by atomic mass is 10.1. The van der Waals surface area contributed by atoms with Gasteiger partial charge in [-0.2, -0.15) is 0 Å². The maximum absolute atomic E-state index is 5.69. The summed E-state index contributed by atoms with van der Waals surface area (Å²) in [6, 6.07) is 6.23. The highest BCUT2D eigenvalue weighted by atomic mass is 79.9. The number of rotatable bonds is 4. The Hall–Kier alpha value is -0.540. The molecule has 0 bridgehead atoms. The van der Waals surface area contributed by atoms with Crippen LogP contribution in [0.2, 0.25) is 0 Å². The second-order valence-corrected chi connectivity index (χ2v) is 4.31. The number of hydrogen-bond donors (Lipinski definition) is 1. The summed E-state index contributed by atoms with van der Waals surface area (Å²) in [4.78, 5) is 2.24. The fraction of sp³-hybridized carbons (Fsp3) is 0.455. The number of benzene rings is 1. The topological polar surface area (TPSA) is 29.3 Å². The molecule has 0 fully saturated rings. The van der Waals surface area contributed by atoms with Crippen molar-refractivity contribution in [2.45, 2.75) is 19.9 Å². The molecule has 0 spiro atoms. The number of nitrogens with zero attached hydrogens (tertiary/aromatic N) is 1. The summed E-state index contributed by atoms with van der Waals surface area (Å²) in [5.41, 5.74) is 8.12. The minimum Gasteiger partial charge on any atom is -0.374 e. The van der Waals surface area contributed by atoms with Gasteiger partial charge in [0.05, 0.1) is 0 Å². The molecule has 1 aromatic carbocycles. The second-order valence-electron chi connectivity index (χ2n) is 3.40. The fourth-order valence-electron chi connectivity index (χ4n) is 1.52. The molecule has 14 heavy (non-hydrogen) atoms. The van der Waals surface area contributed by atoms with Gasteiger partial charge in [-0.05, 0) is 24.1 Å². The van der Waals surface area contributed by atoms with Gasteiger partial charge in [0, 0.05) is 30.3 Å². The summed E-state index contributed by atoms with van der Waals surface area (Å²) < 4.78 is 1.10. The molecule has 0 amide bonds. The summed E-state index contributed by atoms with van der Waals surface area (Å²) in [7, 11) is 2.10. The highest BCUT2D eigenvalue weighted by Gasteiger charge is 2.05. The smallest absolute Gasteiger partial charge is 0.0420 e. The lowest BCUT2D eigenvalue weighted by Crippen LogP contribution is -2.20. The maximum Gasteiger partial charge on any atom is 0.0420 e. The van der Waals surface area contributed by atoms with Crippen molar-refractivity contribution in [3.63, 3.8) is 0 Å². The van der Waals surface area contributed by atoms with Crippen LogP contribution >= 0.6 is 15.9 Å². The van der Waals surface area contributed by atoms with Gasteiger partial charge in [0.15, 0.2) is 0 Å². The van der Waals surface area contributed by atoms with Gasteiger partial charge in [-0.3, -0.25) is 0 Å². The van der Waals surface area contributed by atoms with Crippen LogP contribution in [0.5, 0.6) is 0 Å². The van der Waals surface area contributed by atoms with E-state index in [0.717, 1.165) is 17.4 Å². The zero-order valence-corrected chi connectivity index (χ0v) is 10.3. The van der Waals surface area contributed by atoms with Gasteiger partial charge in [0.25, 0.3) is 0 Å². The van der Waals surface area contributed by atoms with E-state index in [4.69, 9.17) is 5.73 Å². The van der Waals surface area contributed by atoms with E-state index in [1.54, 1.807) is 0 Å². The van der Waals surface area contributed by atoms with E-state index in [2.05, 4.69) is 46.9 Å². The van der Waals surface area contributed by atoms with Gasteiger partial charge in [0.1, 0.15) is 0 Å². The summed E-state index contributed by atoms with van der Waals surface area (Å²) in [6.45, 7) is 3.83. The molecule has 2 N–H and O–H groups in total. The first-order valence-electron chi connectivity index (χ1n) is 4.88. The lowest BCUT2D eigenvalue weighted by molar-refractivity contribution is 0.843. The van der Waals surface area contributed by atoms with Crippen molar-refractivity contribution in [3.05, 3.63) is 28.2 Å². The second kappa shape index (κ2) is 5.37. The number of anilines is 1. The van der Waals surface area contributed by atoms with Crippen LogP contribution in [0.4, 0.5) is 5.69 Å². The molecule has 0 unspecified atom stereocenters. The van der Waals surface area contributed by atoms with Crippen LogP contribution in [0.3, 0.4) is 0 Å². The van der Waals surface area contributed by atoms with Gasteiger partial charge in [0.2, 0.25) is 0 Å². The molecule has 2 nitrogen and oxygen atoms in total. The highest BCUT2D eigenvalue weighted by molar-refractivity contribution is 9.10. The van der Waals surface area contributed by atoms with E-state index in [1.165, 1.54) is 11.3 Å². The predicted octanol–water partition coefficient (Wildman–Crippen LogP) is 2.75. The van der Waals surface area contributed by atoms with Gasteiger partial charge >= 0.3 is 0 Å². The molecule has 1 aromatic rings. The first kappa shape index (κ1) is 11.5. The first-order chi connectivity index (χ1) is 6.69. The van der Waals surface area contributed by atoms with Crippen LogP contribution in [-0.2, 0) is 6.54 Å². The van der Waals surface area contributed by atoms with Gasteiger partial charge in [-0.25, -0.2) is 0 Å². The van der Waals surface area contributed by atoms with Crippen LogP contribution in [-0.4, -0.2) is 13.6 Å². The van der Waals surface area contributed by atoms with E-state index in [1.807, 2.05) is 6.07 Å². The van der Waals surface area contributed by atoms with Crippen molar-refractivity contribution >= 4 is 21.6 Å². The molecule has 0 saturated heterocycles. The molecule has 0 saturated carbocycles. The van der Waals surface area contributed by atoms with Gasteiger partial charge in [-0.1, -0.05) is 28.9 Å². The summed E-state index contributed by atoms with van der Waals surface area (Å²) in [5.74, 6) is 0. The Morgan fingerprint density at radius 1 is 1.43 bits per heavy atom. The van der Waals surface area contributed by atoms with Crippen LogP contribution < -0.4 is 10.6 Å². The van der Waals surface area contributed by atoms with Crippen LogP contribution in [0, 0.1) is 0 Å². The molecule has 0 heterocycles. The van der Waals surface area contributed by atoms with E-state index in [9.17, 15) is 0 Å². The Morgan fingerprint density at radius 2 is 2.14 bits per heavy atom. The molecule has 0 radical (unpaired) electrons. The summed E-state index contributed by atoms with van der Waals surface area (Å²) >= 11 is 3.48. The highest BCUT2D eigenvalue weighted by Crippen LogP contribution is 2.24. The van der Waals surface area contributed by atoms with Gasteiger partial charge < -0.3 is 10.6 Å². The van der Waals surface area contributed by atoms with E-state index < -0.39 is 0 Å². The zero-order valence-electron chi connectivity index (χ0n) is 8.76. The van der Waals surface area contributed by atoms with Crippen LogP contribution in [0.1, 0.15) is 18.9 Å². The van der Waals surface area contributed by atoms with Crippen molar-refractivity contribution in [2.75, 3.05) is 18.5 Å². The Kier molecular flexibility index (Phi) is 4.42. The molecular formula is C11H17BrN2. The van der Waals surface area contributed by atoms with Crippen LogP contribution in [0.15, 0.2) is 22.7 Å². The zero-order chi connectivity index (χ0) is 10.6. The molecule has 0 aliphatic rings. The number of nitrogens with two attached hydrogens (primary N) is 1. The average molecular weight is 257 g/mol. The minimum atomic E-state index is 0.594.